The van der Waals surface area contributed by atoms with Crippen LogP contribution in [0.1, 0.15) is 71.4 Å². The fraction of sp³-hybridized carbons (Fsp3) is 0.0510. The van der Waals surface area contributed by atoms with Crippen molar-refractivity contribution in [2.24, 2.45) is 0 Å². The van der Waals surface area contributed by atoms with Crippen LogP contribution in [0.3, 0.4) is 0 Å². The summed E-state index contributed by atoms with van der Waals surface area (Å²) in [5.74, 6) is -0.208. The molecule has 15 rings (SSSR count). The Balaban J connectivity index is 0.668. The van der Waals surface area contributed by atoms with Crippen molar-refractivity contribution in [2.45, 2.75) is 33.1 Å². The maximum absolute atomic E-state index is 14.1. The number of para-hydroxylation sites is 6. The van der Waals surface area contributed by atoms with Gasteiger partial charge in [-0.15, -0.1) is 0 Å². The normalized spacial score (nSPS) is 11.1. The molecule has 107 heavy (non-hydrogen) atoms. The Morgan fingerprint density at radius 3 is 0.589 bits per heavy atom. The van der Waals surface area contributed by atoms with Crippen molar-refractivity contribution in [3.8, 4) is 50.6 Å². The number of anilines is 9. The van der Waals surface area contributed by atoms with Gasteiger partial charge in [-0.1, -0.05) is 218 Å². The van der Waals surface area contributed by atoms with Crippen molar-refractivity contribution in [3.05, 3.63) is 432 Å². The van der Waals surface area contributed by atoms with E-state index in [1.54, 1.807) is 36.4 Å². The molecular weight excluding hydrogens is 1320 g/mol. The Bertz CT molecular complexity index is 4920. The predicted molar refractivity (Wildman–Crippen MR) is 434 cm³/mol. The average molecular weight is 1390 g/mol. The predicted octanol–water partition coefficient (Wildman–Crippen LogP) is 25.0. The van der Waals surface area contributed by atoms with Crippen molar-refractivity contribution in [1.29, 1.82) is 0 Å². The van der Waals surface area contributed by atoms with Gasteiger partial charge >= 0.3 is 17.9 Å². The zero-order chi connectivity index (χ0) is 73.2. The fourth-order valence-corrected chi connectivity index (χ4v) is 13.8. The maximum Gasteiger partial charge on any atom is 0.343 e. The van der Waals surface area contributed by atoms with Crippen LogP contribution in [0.2, 0.25) is 0 Å². The Morgan fingerprint density at radius 1 is 0.224 bits per heavy atom. The third-order valence-electron chi connectivity index (χ3n) is 19.7. The van der Waals surface area contributed by atoms with Crippen molar-refractivity contribution in [1.82, 2.24) is 0 Å². The molecule has 0 aliphatic carbocycles. The molecule has 15 aromatic rings. The van der Waals surface area contributed by atoms with E-state index in [1.165, 1.54) is 0 Å². The smallest absolute Gasteiger partial charge is 0.343 e. The number of ether oxygens (including phenoxy) is 3. The van der Waals surface area contributed by atoms with Gasteiger partial charge in [-0.3, -0.25) is 0 Å². The molecule has 0 saturated carbocycles. The first kappa shape index (κ1) is 68.9. The van der Waals surface area contributed by atoms with Crippen LogP contribution < -0.4 is 28.9 Å². The summed E-state index contributed by atoms with van der Waals surface area (Å²) in [7, 11) is 0. The van der Waals surface area contributed by atoms with E-state index in [4.69, 9.17) is 14.2 Å². The van der Waals surface area contributed by atoms with E-state index in [9.17, 15) is 14.4 Å². The zero-order valence-corrected chi connectivity index (χ0v) is 59.7. The summed E-state index contributed by atoms with van der Waals surface area (Å²) in [6.07, 6.45) is 0. The van der Waals surface area contributed by atoms with Crippen LogP contribution in [-0.2, 0) is 5.41 Å². The van der Waals surface area contributed by atoms with Crippen molar-refractivity contribution in [2.75, 3.05) is 14.7 Å². The molecule has 0 amide bonds. The maximum atomic E-state index is 14.1. The minimum atomic E-state index is -0.867. The molecule has 0 atom stereocenters. The second-order valence-electron chi connectivity index (χ2n) is 26.6. The van der Waals surface area contributed by atoms with E-state index >= 15 is 0 Å². The Morgan fingerprint density at radius 2 is 0.402 bits per heavy atom. The number of esters is 3. The quantitative estimate of drug-likeness (QED) is 0.0396. The molecule has 0 radical (unpaired) electrons. The topological polar surface area (TPSA) is 88.6 Å². The van der Waals surface area contributed by atoms with Crippen molar-refractivity contribution in [3.63, 3.8) is 0 Å². The third-order valence-corrected chi connectivity index (χ3v) is 19.7. The number of aryl methyl sites for hydroxylation is 3. The van der Waals surface area contributed by atoms with Gasteiger partial charge in [0.1, 0.15) is 17.2 Å². The van der Waals surface area contributed by atoms with Gasteiger partial charge in [0.25, 0.3) is 0 Å². The lowest BCUT2D eigenvalue weighted by Crippen LogP contribution is -2.26. The number of rotatable bonds is 21. The number of benzene rings is 15. The van der Waals surface area contributed by atoms with Gasteiger partial charge in [0.15, 0.2) is 0 Å². The summed E-state index contributed by atoms with van der Waals surface area (Å²) in [5.41, 5.74) is 20.6. The molecule has 9 heteroatoms. The van der Waals surface area contributed by atoms with Crippen LogP contribution in [0.4, 0.5) is 51.2 Å². The largest absolute Gasteiger partial charge is 0.423 e. The second kappa shape index (κ2) is 31.0. The highest BCUT2D eigenvalue weighted by molar-refractivity contribution is 5.94. The standard InChI is InChI=1S/C98H75N3O6/c1-68-65-80(53-62-92(68)105-95(102)77-41-35-71(36-42-77)74-47-56-89(57-48-74)99(83-23-11-5-12-24-83)84-25-13-6-14-26-84)98(4,81-54-63-93(69(2)66-81)106-96(103)78-43-37-72(38-44-78)75-49-58-90(59-50-75)100(85-27-15-7-16-28-85)86-29-17-8-18-30-86)82-55-64-94(70(3)67-82)107-97(104)79-45-39-73(40-46-79)76-51-60-91(61-52-76)101(87-31-19-9-20-32-87)88-33-21-10-22-34-88/h5-67H,1-4H3. The lowest BCUT2D eigenvalue weighted by atomic mass is 9.70. The molecule has 0 aliphatic rings. The summed E-state index contributed by atoms with van der Waals surface area (Å²) in [6.45, 7) is 7.94. The minimum Gasteiger partial charge on any atom is -0.423 e. The molecule has 0 N–H and O–H groups in total. The van der Waals surface area contributed by atoms with E-state index in [-0.39, 0.29) is 0 Å². The SMILES string of the molecule is Cc1cc(C(C)(c2ccc(OC(=O)c3ccc(-c4ccc(N(c5ccccc5)c5ccccc5)cc4)cc3)c(C)c2)c2ccc(OC(=O)c3ccc(-c4ccc(N(c5ccccc5)c5ccccc5)cc4)cc3)c(C)c2)ccc1OC(=O)c1ccc(-c2ccc(N(c3ccccc3)c3ccccc3)cc2)cc1. The Hall–Kier alpha value is -13.9. The molecule has 0 aliphatic heterocycles. The molecule has 0 fully saturated rings. The van der Waals surface area contributed by atoms with Gasteiger partial charge in [0, 0.05) is 56.6 Å². The molecule has 9 nitrogen and oxygen atoms in total. The lowest BCUT2D eigenvalue weighted by Gasteiger charge is -2.33. The highest BCUT2D eigenvalue weighted by Gasteiger charge is 2.34. The second-order valence-corrected chi connectivity index (χ2v) is 26.6. The lowest BCUT2D eigenvalue weighted by molar-refractivity contribution is 0.0724. The van der Waals surface area contributed by atoms with Gasteiger partial charge in [-0.25, -0.2) is 14.4 Å². The molecule has 0 aromatic heterocycles. The summed E-state index contributed by atoms with van der Waals surface area (Å²) in [6, 6.07) is 127. The Labute approximate surface area is 624 Å². The van der Waals surface area contributed by atoms with E-state index < -0.39 is 23.3 Å². The van der Waals surface area contributed by atoms with Gasteiger partial charge in [0.05, 0.1) is 16.7 Å². The molecule has 0 heterocycles. The highest BCUT2D eigenvalue weighted by atomic mass is 16.5. The van der Waals surface area contributed by atoms with E-state index in [0.717, 1.165) is 118 Å². The molecule has 0 spiro atoms. The van der Waals surface area contributed by atoms with Crippen LogP contribution in [0.15, 0.2) is 382 Å². The molecule has 0 saturated heterocycles. The van der Waals surface area contributed by atoms with E-state index in [1.807, 2.05) is 221 Å². The molecule has 518 valence electrons. The summed E-state index contributed by atoms with van der Waals surface area (Å²) >= 11 is 0. The fourth-order valence-electron chi connectivity index (χ4n) is 13.8. The number of nitrogens with zero attached hydrogens (tertiary/aromatic N) is 3. The monoisotopic (exact) mass is 1390 g/mol. The van der Waals surface area contributed by atoms with E-state index in [0.29, 0.717) is 33.9 Å². The van der Waals surface area contributed by atoms with Gasteiger partial charge in [0.2, 0.25) is 0 Å². The average Bonchev–Trinajstić information content (AvgIpc) is 0.751. The molecule has 0 bridgehead atoms. The number of carbonyl (C=O) groups excluding carboxylic acids is 3. The van der Waals surface area contributed by atoms with Gasteiger partial charge in [-0.05, 0) is 258 Å². The zero-order valence-electron chi connectivity index (χ0n) is 59.7. The summed E-state index contributed by atoms with van der Waals surface area (Å²) in [4.78, 5) is 48.8. The van der Waals surface area contributed by atoms with Crippen LogP contribution in [0, 0.1) is 20.8 Å². The third kappa shape index (κ3) is 15.0. The summed E-state index contributed by atoms with van der Waals surface area (Å²) < 4.78 is 18.6. The van der Waals surface area contributed by atoms with Crippen molar-refractivity contribution >= 4 is 69.1 Å². The molecule has 15 aromatic carbocycles. The number of hydrogen-bond donors (Lipinski definition) is 0. The molecule has 0 unspecified atom stereocenters. The van der Waals surface area contributed by atoms with Gasteiger partial charge in [-0.2, -0.15) is 0 Å². The van der Waals surface area contributed by atoms with E-state index in [2.05, 4.69) is 167 Å². The summed E-state index contributed by atoms with van der Waals surface area (Å²) in [5, 5.41) is 0. The van der Waals surface area contributed by atoms with Crippen molar-refractivity contribution < 1.29 is 28.6 Å². The minimum absolute atomic E-state index is 0.410. The molecular formula is C98H75N3O6. The first-order valence-electron chi connectivity index (χ1n) is 35.7. The first-order valence-corrected chi connectivity index (χ1v) is 35.7. The van der Waals surface area contributed by atoms with Crippen LogP contribution in [-0.4, -0.2) is 17.9 Å². The Kier molecular flexibility index (Phi) is 19.9. The van der Waals surface area contributed by atoms with Crippen LogP contribution in [0.25, 0.3) is 33.4 Å². The highest BCUT2D eigenvalue weighted by Crippen LogP contribution is 2.45. The van der Waals surface area contributed by atoms with Crippen LogP contribution in [0.5, 0.6) is 17.2 Å². The first-order chi connectivity index (χ1) is 52.4. The number of carbonyl (C=O) groups is 3. The number of hydrogen-bond acceptors (Lipinski definition) is 9. The van der Waals surface area contributed by atoms with Gasteiger partial charge < -0.3 is 28.9 Å². The van der Waals surface area contributed by atoms with Crippen LogP contribution >= 0.6 is 0 Å².